The third kappa shape index (κ3) is 3.78. The van der Waals surface area contributed by atoms with Crippen molar-refractivity contribution >= 4 is 29.2 Å². The third-order valence-corrected chi connectivity index (χ3v) is 2.51. The molecular formula is C10H9Cl2F2NO2. The van der Waals surface area contributed by atoms with Gasteiger partial charge < -0.3 is 4.74 Å². The Kier molecular flexibility index (Phi) is 5.08. The second-order valence-electron chi connectivity index (χ2n) is 3.08. The van der Waals surface area contributed by atoms with Crippen LogP contribution >= 0.6 is 23.2 Å². The van der Waals surface area contributed by atoms with Gasteiger partial charge in [0, 0.05) is 0 Å². The molecule has 0 radical (unpaired) electrons. The first-order chi connectivity index (χ1) is 7.95. The van der Waals surface area contributed by atoms with E-state index in [4.69, 9.17) is 23.2 Å². The smallest absolute Gasteiger partial charge is 0.311 e. The maximum atomic E-state index is 12.4. The van der Waals surface area contributed by atoms with E-state index in [-0.39, 0.29) is 28.9 Å². The van der Waals surface area contributed by atoms with E-state index in [9.17, 15) is 13.6 Å². The lowest BCUT2D eigenvalue weighted by molar-refractivity contribution is -0.142. The van der Waals surface area contributed by atoms with Gasteiger partial charge in [0.25, 0.3) is 6.43 Å². The molecule has 1 heterocycles. The number of rotatable bonds is 4. The van der Waals surface area contributed by atoms with Crippen LogP contribution in [0.4, 0.5) is 8.78 Å². The first kappa shape index (κ1) is 14.1. The number of alkyl halides is 2. The van der Waals surface area contributed by atoms with Crippen LogP contribution in [0.1, 0.15) is 24.6 Å². The number of carbonyl (C=O) groups is 1. The van der Waals surface area contributed by atoms with Crippen molar-refractivity contribution < 1.29 is 18.3 Å². The van der Waals surface area contributed by atoms with E-state index in [1.165, 1.54) is 0 Å². The van der Waals surface area contributed by atoms with Crippen molar-refractivity contribution in [3.8, 4) is 0 Å². The molecule has 0 aliphatic rings. The molecule has 0 bridgehead atoms. The van der Waals surface area contributed by atoms with E-state index in [0.717, 1.165) is 6.07 Å². The molecule has 0 saturated heterocycles. The number of pyridine rings is 1. The lowest BCUT2D eigenvalue weighted by Gasteiger charge is -2.07. The minimum atomic E-state index is -2.76. The molecule has 0 spiro atoms. The number of ether oxygens (including phenoxy) is 1. The fourth-order valence-corrected chi connectivity index (χ4v) is 1.61. The molecule has 7 heteroatoms. The molecule has 1 rings (SSSR count). The van der Waals surface area contributed by atoms with E-state index in [1.807, 2.05) is 0 Å². The van der Waals surface area contributed by atoms with Crippen LogP contribution in [0.2, 0.25) is 10.2 Å². The SMILES string of the molecule is CCOC(=O)Cc1nc(Cl)c(C(F)F)cc1Cl. The highest BCUT2D eigenvalue weighted by molar-refractivity contribution is 6.33. The molecule has 94 valence electrons. The molecule has 0 atom stereocenters. The van der Waals surface area contributed by atoms with Gasteiger partial charge in [-0.3, -0.25) is 4.79 Å². The zero-order valence-corrected chi connectivity index (χ0v) is 10.4. The fourth-order valence-electron chi connectivity index (χ4n) is 1.14. The zero-order chi connectivity index (χ0) is 13.0. The fraction of sp³-hybridized carbons (Fsp3) is 0.400. The molecule has 0 aliphatic heterocycles. The lowest BCUT2D eigenvalue weighted by Crippen LogP contribution is -2.10. The second kappa shape index (κ2) is 6.12. The van der Waals surface area contributed by atoms with Gasteiger partial charge in [-0.05, 0) is 13.0 Å². The van der Waals surface area contributed by atoms with Crippen molar-refractivity contribution in [1.29, 1.82) is 0 Å². The molecule has 0 amide bonds. The van der Waals surface area contributed by atoms with Crippen LogP contribution in [0.3, 0.4) is 0 Å². The molecule has 0 N–H and O–H groups in total. The van der Waals surface area contributed by atoms with Gasteiger partial charge in [0.1, 0.15) is 5.15 Å². The van der Waals surface area contributed by atoms with Crippen molar-refractivity contribution in [2.24, 2.45) is 0 Å². The Morgan fingerprint density at radius 1 is 1.53 bits per heavy atom. The summed E-state index contributed by atoms with van der Waals surface area (Å²) in [4.78, 5) is 14.9. The Hall–Kier alpha value is -0.940. The van der Waals surface area contributed by atoms with Crippen LogP contribution in [-0.4, -0.2) is 17.6 Å². The maximum Gasteiger partial charge on any atom is 0.311 e. The maximum absolute atomic E-state index is 12.4. The Bertz CT molecular complexity index is 427. The van der Waals surface area contributed by atoms with Gasteiger partial charge in [0.15, 0.2) is 0 Å². The molecule has 0 saturated carbocycles. The normalized spacial score (nSPS) is 10.7. The highest BCUT2D eigenvalue weighted by Crippen LogP contribution is 2.29. The Labute approximate surface area is 107 Å². The van der Waals surface area contributed by atoms with Crippen LogP contribution in [0.5, 0.6) is 0 Å². The average Bonchev–Trinajstić information content (AvgIpc) is 2.22. The minimum absolute atomic E-state index is 0.0299. The molecule has 0 aromatic carbocycles. The summed E-state index contributed by atoms with van der Waals surface area (Å²) in [5.41, 5.74) is -0.330. The van der Waals surface area contributed by atoms with Gasteiger partial charge in [0.2, 0.25) is 0 Å². The summed E-state index contributed by atoms with van der Waals surface area (Å²) >= 11 is 11.3. The summed E-state index contributed by atoms with van der Waals surface area (Å²) in [6, 6.07) is 1.01. The highest BCUT2D eigenvalue weighted by Gasteiger charge is 2.18. The Morgan fingerprint density at radius 2 is 2.18 bits per heavy atom. The summed E-state index contributed by atoms with van der Waals surface area (Å²) < 4.78 is 29.6. The molecule has 0 fully saturated rings. The molecule has 3 nitrogen and oxygen atoms in total. The number of carbonyl (C=O) groups excluding carboxylic acids is 1. The van der Waals surface area contributed by atoms with Crippen LogP contribution in [0.25, 0.3) is 0 Å². The number of hydrogen-bond donors (Lipinski definition) is 0. The second-order valence-corrected chi connectivity index (χ2v) is 3.84. The van der Waals surface area contributed by atoms with Gasteiger partial charge in [-0.15, -0.1) is 0 Å². The topological polar surface area (TPSA) is 39.2 Å². The van der Waals surface area contributed by atoms with Gasteiger partial charge in [-0.25, -0.2) is 13.8 Å². The number of nitrogens with zero attached hydrogens (tertiary/aromatic N) is 1. The van der Waals surface area contributed by atoms with Gasteiger partial charge in [0.05, 0.1) is 29.3 Å². The van der Waals surface area contributed by atoms with Crippen LogP contribution in [0, 0.1) is 0 Å². The lowest BCUT2D eigenvalue weighted by atomic mass is 10.2. The summed E-state index contributed by atoms with van der Waals surface area (Å²) in [6.45, 7) is 1.87. The van der Waals surface area contributed by atoms with E-state index < -0.39 is 18.0 Å². The number of esters is 1. The van der Waals surface area contributed by atoms with Crippen LogP contribution in [0.15, 0.2) is 6.07 Å². The van der Waals surface area contributed by atoms with E-state index in [1.54, 1.807) is 6.92 Å². The molecule has 0 unspecified atom stereocenters. The Balaban J connectivity index is 2.95. The van der Waals surface area contributed by atoms with E-state index in [2.05, 4.69) is 9.72 Å². The summed E-state index contributed by atoms with van der Waals surface area (Å²) in [5, 5.41) is -0.388. The molecular weight excluding hydrogens is 275 g/mol. The Morgan fingerprint density at radius 3 is 2.71 bits per heavy atom. The largest absolute Gasteiger partial charge is 0.466 e. The van der Waals surface area contributed by atoms with Crippen LogP contribution in [-0.2, 0) is 16.0 Å². The van der Waals surface area contributed by atoms with Crippen molar-refractivity contribution in [3.63, 3.8) is 0 Å². The monoisotopic (exact) mass is 283 g/mol. The molecule has 1 aromatic rings. The van der Waals surface area contributed by atoms with Gasteiger partial charge in [-0.2, -0.15) is 0 Å². The highest BCUT2D eigenvalue weighted by atomic mass is 35.5. The van der Waals surface area contributed by atoms with Crippen LogP contribution < -0.4 is 0 Å². The predicted octanol–water partition coefficient (Wildman–Crippen LogP) is 3.43. The molecule has 0 aliphatic carbocycles. The van der Waals surface area contributed by atoms with Gasteiger partial charge >= 0.3 is 5.97 Å². The first-order valence-electron chi connectivity index (χ1n) is 4.74. The molecule has 1 aromatic heterocycles. The number of aromatic nitrogens is 1. The van der Waals surface area contributed by atoms with E-state index >= 15 is 0 Å². The summed E-state index contributed by atoms with van der Waals surface area (Å²) in [7, 11) is 0. The first-order valence-corrected chi connectivity index (χ1v) is 5.49. The standard InChI is InChI=1S/C10H9Cl2F2NO2/c1-2-17-8(16)4-7-6(11)3-5(10(13)14)9(12)15-7/h3,10H,2,4H2,1H3. The van der Waals surface area contributed by atoms with E-state index in [0.29, 0.717) is 0 Å². The minimum Gasteiger partial charge on any atom is -0.466 e. The van der Waals surface area contributed by atoms with Crippen molar-refractivity contribution in [2.75, 3.05) is 6.61 Å². The number of hydrogen-bond acceptors (Lipinski definition) is 3. The van der Waals surface area contributed by atoms with Crippen molar-refractivity contribution in [3.05, 3.63) is 27.5 Å². The summed E-state index contributed by atoms with van der Waals surface area (Å²) in [6.07, 6.45) is -2.96. The van der Waals surface area contributed by atoms with Gasteiger partial charge in [-0.1, -0.05) is 23.2 Å². The molecule has 17 heavy (non-hydrogen) atoms. The summed E-state index contributed by atoms with van der Waals surface area (Å²) in [5.74, 6) is -0.539. The number of halogens is 4. The predicted molar refractivity (Wildman–Crippen MR) is 59.6 cm³/mol. The van der Waals surface area contributed by atoms with Crippen molar-refractivity contribution in [2.45, 2.75) is 19.8 Å². The third-order valence-electron chi connectivity index (χ3n) is 1.88. The van der Waals surface area contributed by atoms with Crippen molar-refractivity contribution in [1.82, 2.24) is 4.98 Å². The quantitative estimate of drug-likeness (QED) is 0.628. The average molecular weight is 284 g/mol. The zero-order valence-electron chi connectivity index (χ0n) is 8.84.